The van der Waals surface area contributed by atoms with Crippen molar-refractivity contribution in [3.63, 3.8) is 0 Å². The minimum atomic E-state index is -0.449. The van der Waals surface area contributed by atoms with Crippen LogP contribution in [0.3, 0.4) is 0 Å². The molecule has 0 bridgehead atoms. The first-order valence-corrected chi connectivity index (χ1v) is 6.28. The molecule has 1 aromatic carbocycles. The lowest BCUT2D eigenvalue weighted by Gasteiger charge is -2.14. The third-order valence-electron chi connectivity index (χ3n) is 2.94. The molecule has 1 aliphatic heterocycles. The molecule has 0 unspecified atom stereocenters. The largest absolute Gasteiger partial charge is 0.492 e. The van der Waals surface area contributed by atoms with Gasteiger partial charge in [-0.05, 0) is 55.7 Å². The van der Waals surface area contributed by atoms with E-state index in [-0.39, 0.29) is 0 Å². The van der Waals surface area contributed by atoms with Gasteiger partial charge in [0.1, 0.15) is 12.4 Å². The monoisotopic (exact) mass is 253 g/mol. The normalized spacial score (nSPS) is 16.1. The van der Waals surface area contributed by atoms with E-state index in [1.165, 1.54) is 25.9 Å². The predicted molar refractivity (Wildman–Crippen MR) is 67.8 cm³/mol. The van der Waals surface area contributed by atoms with Crippen LogP contribution in [0.5, 0.6) is 5.75 Å². The molecule has 3 nitrogen and oxygen atoms in total. The first kappa shape index (κ1) is 12.4. The maximum absolute atomic E-state index is 11.0. The van der Waals surface area contributed by atoms with Crippen LogP contribution in [0.4, 0.5) is 0 Å². The fraction of sp³-hybridized carbons (Fsp3) is 0.462. The van der Waals surface area contributed by atoms with Crippen molar-refractivity contribution in [1.29, 1.82) is 0 Å². The van der Waals surface area contributed by atoms with E-state index in [1.807, 2.05) is 6.07 Å². The molecule has 1 aromatic rings. The van der Waals surface area contributed by atoms with Crippen LogP contribution in [-0.4, -0.2) is 36.4 Å². The Morgan fingerprint density at radius 3 is 2.82 bits per heavy atom. The molecule has 0 aliphatic carbocycles. The van der Waals surface area contributed by atoms with E-state index >= 15 is 0 Å². The second-order valence-electron chi connectivity index (χ2n) is 4.20. The molecule has 0 atom stereocenters. The molecule has 1 aliphatic rings. The Bertz CT molecular complexity index is 389. The number of likely N-dealkylation sites (tertiary alicyclic amines) is 1. The lowest BCUT2D eigenvalue weighted by Crippen LogP contribution is -2.25. The van der Waals surface area contributed by atoms with E-state index in [4.69, 9.17) is 16.3 Å². The standard InChI is InChI=1S/C13H16ClNO2/c14-13(16)11-4-3-5-12(10-11)17-9-8-15-6-1-2-7-15/h3-5,10H,1-2,6-9H2. The zero-order chi connectivity index (χ0) is 12.1. The maximum Gasteiger partial charge on any atom is 0.252 e. The number of nitrogens with zero attached hydrogens (tertiary/aromatic N) is 1. The second kappa shape index (κ2) is 6.03. The summed E-state index contributed by atoms with van der Waals surface area (Å²) in [5, 5.41) is -0.449. The Morgan fingerprint density at radius 1 is 1.35 bits per heavy atom. The molecule has 0 N–H and O–H groups in total. The van der Waals surface area contributed by atoms with Crippen molar-refractivity contribution >= 4 is 16.8 Å². The zero-order valence-corrected chi connectivity index (χ0v) is 10.4. The first-order chi connectivity index (χ1) is 8.25. The van der Waals surface area contributed by atoms with Gasteiger partial charge in [0.2, 0.25) is 0 Å². The van der Waals surface area contributed by atoms with Crippen LogP contribution < -0.4 is 4.74 Å². The molecule has 1 fully saturated rings. The summed E-state index contributed by atoms with van der Waals surface area (Å²) in [5.41, 5.74) is 0.477. The average molecular weight is 254 g/mol. The molecule has 0 amide bonds. The predicted octanol–water partition coefficient (Wildman–Crippen LogP) is 2.54. The Labute approximate surface area is 106 Å². The summed E-state index contributed by atoms with van der Waals surface area (Å²) >= 11 is 5.41. The van der Waals surface area contributed by atoms with Crippen molar-refractivity contribution in [3.8, 4) is 5.75 Å². The number of carbonyl (C=O) groups excluding carboxylic acids is 1. The van der Waals surface area contributed by atoms with Crippen LogP contribution in [0.2, 0.25) is 0 Å². The molecule has 0 aromatic heterocycles. The topological polar surface area (TPSA) is 29.5 Å². The quantitative estimate of drug-likeness (QED) is 0.756. The van der Waals surface area contributed by atoms with Crippen LogP contribution in [0, 0.1) is 0 Å². The van der Waals surface area contributed by atoms with Gasteiger partial charge in [0.15, 0.2) is 0 Å². The Balaban J connectivity index is 1.81. The van der Waals surface area contributed by atoms with Crippen molar-refractivity contribution in [2.75, 3.05) is 26.2 Å². The fourth-order valence-electron chi connectivity index (χ4n) is 2.01. The number of ether oxygens (including phenoxy) is 1. The molecule has 4 heteroatoms. The van der Waals surface area contributed by atoms with Gasteiger partial charge in [-0.1, -0.05) is 6.07 Å². The number of benzene rings is 1. The van der Waals surface area contributed by atoms with Gasteiger partial charge < -0.3 is 4.74 Å². The van der Waals surface area contributed by atoms with Crippen molar-refractivity contribution in [2.45, 2.75) is 12.8 Å². The summed E-state index contributed by atoms with van der Waals surface area (Å²) in [6.07, 6.45) is 2.58. The number of rotatable bonds is 5. The summed E-state index contributed by atoms with van der Waals surface area (Å²) in [7, 11) is 0. The van der Waals surface area contributed by atoms with Gasteiger partial charge in [-0.25, -0.2) is 0 Å². The molecule has 0 spiro atoms. The highest BCUT2D eigenvalue weighted by molar-refractivity contribution is 6.67. The van der Waals surface area contributed by atoms with E-state index < -0.39 is 5.24 Å². The molecular weight excluding hydrogens is 238 g/mol. The van der Waals surface area contributed by atoms with Gasteiger partial charge >= 0.3 is 0 Å². The summed E-state index contributed by atoms with van der Waals surface area (Å²) in [6.45, 7) is 3.94. The van der Waals surface area contributed by atoms with Gasteiger partial charge in [0.05, 0.1) is 0 Å². The minimum Gasteiger partial charge on any atom is -0.492 e. The highest BCUT2D eigenvalue weighted by Gasteiger charge is 2.10. The van der Waals surface area contributed by atoms with E-state index in [0.29, 0.717) is 17.9 Å². The second-order valence-corrected chi connectivity index (χ2v) is 4.54. The zero-order valence-electron chi connectivity index (χ0n) is 9.69. The van der Waals surface area contributed by atoms with Crippen LogP contribution in [0.1, 0.15) is 23.2 Å². The van der Waals surface area contributed by atoms with Crippen LogP contribution in [0.15, 0.2) is 24.3 Å². The van der Waals surface area contributed by atoms with Gasteiger partial charge in [0.25, 0.3) is 5.24 Å². The molecule has 2 rings (SSSR count). The molecular formula is C13H16ClNO2. The highest BCUT2D eigenvalue weighted by atomic mass is 35.5. The van der Waals surface area contributed by atoms with Crippen LogP contribution >= 0.6 is 11.6 Å². The summed E-state index contributed by atoms with van der Waals surface area (Å²) in [4.78, 5) is 13.4. The SMILES string of the molecule is O=C(Cl)c1cccc(OCCN2CCCC2)c1. The third kappa shape index (κ3) is 3.72. The van der Waals surface area contributed by atoms with Crippen molar-refractivity contribution in [3.05, 3.63) is 29.8 Å². The molecule has 1 saturated heterocycles. The number of hydrogen-bond acceptors (Lipinski definition) is 3. The summed E-state index contributed by atoms with van der Waals surface area (Å²) < 4.78 is 5.61. The lowest BCUT2D eigenvalue weighted by molar-refractivity contribution is 0.108. The maximum atomic E-state index is 11.0. The average Bonchev–Trinajstić information content (AvgIpc) is 2.82. The van der Waals surface area contributed by atoms with Gasteiger partial charge in [-0.15, -0.1) is 0 Å². The van der Waals surface area contributed by atoms with Crippen molar-refractivity contribution in [1.82, 2.24) is 4.90 Å². The molecule has 1 heterocycles. The van der Waals surface area contributed by atoms with Crippen molar-refractivity contribution < 1.29 is 9.53 Å². The molecule has 0 saturated carbocycles. The summed E-state index contributed by atoms with van der Waals surface area (Å²) in [6, 6.07) is 6.98. The molecule has 92 valence electrons. The molecule has 17 heavy (non-hydrogen) atoms. The van der Waals surface area contributed by atoms with E-state index in [2.05, 4.69) is 4.90 Å². The van der Waals surface area contributed by atoms with E-state index in [1.54, 1.807) is 18.2 Å². The third-order valence-corrected chi connectivity index (χ3v) is 3.15. The first-order valence-electron chi connectivity index (χ1n) is 5.91. The van der Waals surface area contributed by atoms with Crippen LogP contribution in [-0.2, 0) is 0 Å². The lowest BCUT2D eigenvalue weighted by atomic mass is 10.2. The Morgan fingerprint density at radius 2 is 2.12 bits per heavy atom. The van der Waals surface area contributed by atoms with Gasteiger partial charge in [-0.2, -0.15) is 0 Å². The summed E-state index contributed by atoms with van der Waals surface area (Å²) in [5.74, 6) is 0.704. The Hall–Kier alpha value is -1.06. The fourth-order valence-corrected chi connectivity index (χ4v) is 2.12. The highest BCUT2D eigenvalue weighted by Crippen LogP contribution is 2.15. The van der Waals surface area contributed by atoms with Gasteiger partial charge in [-0.3, -0.25) is 9.69 Å². The van der Waals surface area contributed by atoms with Crippen LogP contribution in [0.25, 0.3) is 0 Å². The molecule has 0 radical (unpaired) electrons. The van der Waals surface area contributed by atoms with Gasteiger partial charge in [0, 0.05) is 12.1 Å². The number of halogens is 1. The number of carbonyl (C=O) groups is 1. The van der Waals surface area contributed by atoms with E-state index in [0.717, 1.165) is 6.54 Å². The van der Waals surface area contributed by atoms with Crippen molar-refractivity contribution in [2.24, 2.45) is 0 Å². The minimum absolute atomic E-state index is 0.449. The Kier molecular flexibility index (Phi) is 4.40. The number of hydrogen-bond donors (Lipinski definition) is 0. The van der Waals surface area contributed by atoms with E-state index in [9.17, 15) is 4.79 Å². The smallest absolute Gasteiger partial charge is 0.252 e.